The molecule has 1 amide bonds. The van der Waals surface area contributed by atoms with Gasteiger partial charge in [-0.2, -0.15) is 0 Å². The minimum atomic E-state index is -0.429. The molecule has 0 saturated carbocycles. The molecule has 0 spiro atoms. The Morgan fingerprint density at radius 1 is 1.11 bits per heavy atom. The number of carbonyl (C=O) groups is 1. The second-order valence-electron chi connectivity index (χ2n) is 8.91. The Morgan fingerprint density at radius 3 is 2.54 bits per heavy atom. The van der Waals surface area contributed by atoms with E-state index in [1.54, 1.807) is 23.1 Å². The number of nitro benzene ring substituents is 1. The molecular formula is C25H28ClN5O5S. The van der Waals surface area contributed by atoms with Crippen LogP contribution in [0.15, 0.2) is 36.4 Å². The number of hydrogen-bond acceptors (Lipinski definition) is 9. The van der Waals surface area contributed by atoms with Crippen LogP contribution in [0.2, 0.25) is 5.02 Å². The Bertz CT molecular complexity index is 1280. The highest BCUT2D eigenvalue weighted by Crippen LogP contribution is 2.35. The van der Waals surface area contributed by atoms with Crippen LogP contribution in [0, 0.1) is 10.1 Å². The fourth-order valence-corrected chi connectivity index (χ4v) is 5.90. The highest BCUT2D eigenvalue weighted by molar-refractivity contribution is 7.22. The lowest BCUT2D eigenvalue weighted by molar-refractivity contribution is -0.384. The van der Waals surface area contributed by atoms with Crippen LogP contribution in [0.25, 0.3) is 10.2 Å². The van der Waals surface area contributed by atoms with E-state index in [0.29, 0.717) is 67.4 Å². The number of amides is 1. The maximum Gasteiger partial charge on any atom is 0.293 e. The van der Waals surface area contributed by atoms with Crippen molar-refractivity contribution in [3.8, 4) is 0 Å². The first-order valence-corrected chi connectivity index (χ1v) is 13.5. The molecule has 2 saturated heterocycles. The zero-order valence-electron chi connectivity index (χ0n) is 20.3. The van der Waals surface area contributed by atoms with Gasteiger partial charge in [0.15, 0.2) is 5.13 Å². The normalized spacial score (nSPS) is 16.7. The van der Waals surface area contributed by atoms with Crippen LogP contribution in [0.1, 0.15) is 16.8 Å². The van der Waals surface area contributed by atoms with Crippen molar-refractivity contribution in [1.29, 1.82) is 0 Å². The van der Waals surface area contributed by atoms with E-state index in [2.05, 4.69) is 9.88 Å². The SMILES string of the molecule is O=C(c1ccc(N2CCOCC2)c([N+](=O)[O-])c1)N(CCCN1CCOCC1)c1nc2c(Cl)cccc2s1. The summed E-state index contributed by atoms with van der Waals surface area (Å²) in [7, 11) is 0. The summed E-state index contributed by atoms with van der Waals surface area (Å²) >= 11 is 7.74. The van der Waals surface area contributed by atoms with Crippen molar-refractivity contribution in [1.82, 2.24) is 9.88 Å². The number of para-hydroxylation sites is 1. The summed E-state index contributed by atoms with van der Waals surface area (Å²) in [6.07, 6.45) is 0.726. The summed E-state index contributed by atoms with van der Waals surface area (Å²) in [6, 6.07) is 10.2. The zero-order chi connectivity index (χ0) is 25.8. The fraction of sp³-hybridized carbons (Fsp3) is 0.440. The van der Waals surface area contributed by atoms with Crippen molar-refractivity contribution < 1.29 is 19.2 Å². The van der Waals surface area contributed by atoms with E-state index in [0.717, 1.165) is 30.8 Å². The third kappa shape index (κ3) is 5.86. The van der Waals surface area contributed by atoms with E-state index in [-0.39, 0.29) is 17.2 Å². The van der Waals surface area contributed by atoms with Gasteiger partial charge in [0, 0.05) is 50.9 Å². The van der Waals surface area contributed by atoms with Gasteiger partial charge in [0.05, 0.1) is 41.1 Å². The lowest BCUT2D eigenvalue weighted by Crippen LogP contribution is -2.39. The number of thiazole rings is 1. The summed E-state index contributed by atoms with van der Waals surface area (Å²) < 4.78 is 11.7. The van der Waals surface area contributed by atoms with Gasteiger partial charge in [-0.3, -0.25) is 24.7 Å². The van der Waals surface area contributed by atoms with Gasteiger partial charge in [0.25, 0.3) is 11.6 Å². The molecule has 10 nitrogen and oxygen atoms in total. The third-order valence-corrected chi connectivity index (χ3v) is 7.91. The lowest BCUT2D eigenvalue weighted by atomic mass is 10.1. The minimum absolute atomic E-state index is 0.0895. The summed E-state index contributed by atoms with van der Waals surface area (Å²) in [4.78, 5) is 35.9. The van der Waals surface area contributed by atoms with Gasteiger partial charge in [0.1, 0.15) is 11.2 Å². The Kier molecular flexibility index (Phi) is 8.16. The number of hydrogen-bond donors (Lipinski definition) is 0. The number of halogens is 1. The smallest absolute Gasteiger partial charge is 0.293 e. The summed E-state index contributed by atoms with van der Waals surface area (Å²) in [6.45, 7) is 6.52. The summed E-state index contributed by atoms with van der Waals surface area (Å²) in [5.74, 6) is -0.325. The number of rotatable bonds is 8. The van der Waals surface area contributed by atoms with Crippen LogP contribution in [0.3, 0.4) is 0 Å². The molecule has 3 aromatic rings. The molecule has 196 valence electrons. The first-order chi connectivity index (χ1) is 18.0. The van der Waals surface area contributed by atoms with Crippen molar-refractivity contribution in [2.45, 2.75) is 6.42 Å². The largest absolute Gasteiger partial charge is 0.379 e. The molecule has 0 atom stereocenters. The van der Waals surface area contributed by atoms with Crippen LogP contribution in [-0.4, -0.2) is 86.4 Å². The molecule has 1 aromatic heterocycles. The van der Waals surface area contributed by atoms with E-state index >= 15 is 0 Å². The number of morpholine rings is 2. The van der Waals surface area contributed by atoms with Crippen LogP contribution in [0.4, 0.5) is 16.5 Å². The molecule has 5 rings (SSSR count). The summed E-state index contributed by atoms with van der Waals surface area (Å²) in [5, 5.41) is 13.0. The average Bonchev–Trinajstić information content (AvgIpc) is 3.37. The standard InChI is InChI=1S/C25H28ClN5O5S/c26-19-3-1-4-22-23(19)27-25(37-22)30(8-2-7-28-9-13-35-14-10-28)24(32)18-5-6-20(21(17-18)31(33)34)29-11-15-36-16-12-29/h1,3-6,17H,2,7-16H2. The molecule has 2 aliphatic rings. The van der Waals surface area contributed by atoms with E-state index in [4.69, 9.17) is 21.1 Å². The molecule has 0 unspecified atom stereocenters. The zero-order valence-corrected chi connectivity index (χ0v) is 21.9. The highest BCUT2D eigenvalue weighted by atomic mass is 35.5. The van der Waals surface area contributed by atoms with Crippen molar-refractivity contribution in [3.63, 3.8) is 0 Å². The topological polar surface area (TPSA) is 101 Å². The molecule has 0 radical (unpaired) electrons. The Morgan fingerprint density at radius 2 is 1.84 bits per heavy atom. The van der Waals surface area contributed by atoms with Crippen molar-refractivity contribution in [2.24, 2.45) is 0 Å². The molecule has 0 N–H and O–H groups in total. The van der Waals surface area contributed by atoms with Gasteiger partial charge >= 0.3 is 0 Å². The number of ether oxygens (including phenoxy) is 2. The van der Waals surface area contributed by atoms with Crippen LogP contribution >= 0.6 is 22.9 Å². The molecule has 2 fully saturated rings. The first-order valence-electron chi connectivity index (χ1n) is 12.3. The van der Waals surface area contributed by atoms with Gasteiger partial charge in [-0.15, -0.1) is 0 Å². The number of aromatic nitrogens is 1. The Balaban J connectivity index is 1.44. The van der Waals surface area contributed by atoms with Gasteiger partial charge in [-0.25, -0.2) is 4.98 Å². The minimum Gasteiger partial charge on any atom is -0.379 e. The average molecular weight is 546 g/mol. The molecule has 3 heterocycles. The van der Waals surface area contributed by atoms with Crippen molar-refractivity contribution in [2.75, 3.05) is 75.5 Å². The molecule has 37 heavy (non-hydrogen) atoms. The number of nitro groups is 1. The van der Waals surface area contributed by atoms with Gasteiger partial charge < -0.3 is 14.4 Å². The number of nitrogens with zero attached hydrogens (tertiary/aromatic N) is 5. The molecule has 2 aromatic carbocycles. The van der Waals surface area contributed by atoms with Crippen LogP contribution < -0.4 is 9.80 Å². The van der Waals surface area contributed by atoms with E-state index in [1.165, 1.54) is 17.4 Å². The Hall–Kier alpha value is -2.83. The maximum absolute atomic E-state index is 13.8. The maximum atomic E-state index is 13.8. The van der Waals surface area contributed by atoms with Crippen molar-refractivity contribution >= 4 is 55.6 Å². The second kappa shape index (κ2) is 11.7. The molecule has 2 aliphatic heterocycles. The highest BCUT2D eigenvalue weighted by Gasteiger charge is 2.27. The molecule has 0 aliphatic carbocycles. The summed E-state index contributed by atoms with van der Waals surface area (Å²) in [5.41, 5.74) is 1.30. The van der Waals surface area contributed by atoms with Gasteiger partial charge in [-0.05, 0) is 30.7 Å². The van der Waals surface area contributed by atoms with Crippen LogP contribution in [-0.2, 0) is 9.47 Å². The van der Waals surface area contributed by atoms with Crippen LogP contribution in [0.5, 0.6) is 0 Å². The van der Waals surface area contributed by atoms with Gasteiger partial charge in [-0.1, -0.05) is 29.0 Å². The quantitative estimate of drug-likeness (QED) is 0.308. The number of carbonyl (C=O) groups excluding carboxylic acids is 1. The van der Waals surface area contributed by atoms with E-state index in [9.17, 15) is 14.9 Å². The fourth-order valence-electron chi connectivity index (χ4n) is 4.61. The molecular weight excluding hydrogens is 518 g/mol. The number of anilines is 2. The predicted molar refractivity (Wildman–Crippen MR) is 144 cm³/mol. The number of benzene rings is 2. The van der Waals surface area contributed by atoms with E-state index < -0.39 is 4.92 Å². The second-order valence-corrected chi connectivity index (χ2v) is 10.3. The first kappa shape index (κ1) is 25.8. The monoisotopic (exact) mass is 545 g/mol. The number of fused-ring (bicyclic) bond motifs is 1. The van der Waals surface area contributed by atoms with Crippen molar-refractivity contribution in [3.05, 3.63) is 57.1 Å². The molecule has 12 heteroatoms. The third-order valence-electron chi connectivity index (χ3n) is 6.57. The Labute approximate surface area is 223 Å². The van der Waals surface area contributed by atoms with E-state index in [1.807, 2.05) is 17.0 Å². The molecule has 0 bridgehead atoms. The lowest BCUT2D eigenvalue weighted by Gasteiger charge is -2.29. The predicted octanol–water partition coefficient (Wildman–Crippen LogP) is 4.06. The van der Waals surface area contributed by atoms with Gasteiger partial charge in [0.2, 0.25) is 0 Å².